The van der Waals surface area contributed by atoms with Gasteiger partial charge in [0, 0.05) is 15.7 Å². The molecule has 2 rings (SSSR count). The van der Waals surface area contributed by atoms with Gasteiger partial charge >= 0.3 is 0 Å². The Morgan fingerprint density at radius 3 is 1.69 bits per heavy atom. The van der Waals surface area contributed by atoms with Crippen LogP contribution in [0.4, 0.5) is 5.69 Å². The summed E-state index contributed by atoms with van der Waals surface area (Å²) < 4.78 is 0. The molecule has 16 heavy (non-hydrogen) atoms. The lowest BCUT2D eigenvalue weighted by Crippen LogP contribution is -1.82. The van der Waals surface area contributed by atoms with Gasteiger partial charge in [0.2, 0.25) is 0 Å². The minimum atomic E-state index is 0.322. The Kier molecular flexibility index (Phi) is 4.96. The zero-order chi connectivity index (χ0) is 12.0. The number of halogens is 2. The Hall–Kier alpha value is -1.38. The van der Waals surface area contributed by atoms with Gasteiger partial charge < -0.3 is 10.8 Å². The predicted molar refractivity (Wildman–Crippen MR) is 69.0 cm³/mol. The number of aromatic hydroxyl groups is 1. The number of phenols is 1. The topological polar surface area (TPSA) is 46.2 Å². The highest BCUT2D eigenvalue weighted by atomic mass is 35.5. The normalized spacial score (nSPS) is 9.12. The van der Waals surface area contributed by atoms with Crippen LogP contribution in [0.1, 0.15) is 0 Å². The third-order valence-electron chi connectivity index (χ3n) is 1.64. The molecule has 0 radical (unpaired) electrons. The summed E-state index contributed by atoms with van der Waals surface area (Å²) in [7, 11) is 0. The number of hydrogen-bond donors (Lipinski definition) is 2. The molecule has 2 aromatic rings. The summed E-state index contributed by atoms with van der Waals surface area (Å²) >= 11 is 11.2. The van der Waals surface area contributed by atoms with Crippen molar-refractivity contribution in [2.24, 2.45) is 0 Å². The van der Waals surface area contributed by atoms with Crippen LogP contribution < -0.4 is 5.73 Å². The maximum atomic E-state index is 8.63. The van der Waals surface area contributed by atoms with Crippen molar-refractivity contribution in [3.63, 3.8) is 0 Å². The standard InChI is InChI=1S/C6H5Cl2N.C6H6O/c7-4-1-5(8)3-6(9)2-4;7-6-4-2-1-3-5-6/h1-3H,9H2;1-5,7H. The van der Waals surface area contributed by atoms with E-state index in [4.69, 9.17) is 34.0 Å². The van der Waals surface area contributed by atoms with Crippen LogP contribution in [0.25, 0.3) is 0 Å². The molecule has 84 valence electrons. The second-order valence-corrected chi connectivity index (χ2v) is 3.91. The van der Waals surface area contributed by atoms with Gasteiger partial charge in [-0.1, -0.05) is 41.4 Å². The Balaban J connectivity index is 0.000000165. The van der Waals surface area contributed by atoms with Crippen molar-refractivity contribution in [1.82, 2.24) is 0 Å². The molecule has 4 heteroatoms. The summed E-state index contributed by atoms with van der Waals surface area (Å²) in [4.78, 5) is 0. The minimum Gasteiger partial charge on any atom is -0.508 e. The van der Waals surface area contributed by atoms with Gasteiger partial charge in [-0.3, -0.25) is 0 Å². The van der Waals surface area contributed by atoms with E-state index in [9.17, 15) is 0 Å². The van der Waals surface area contributed by atoms with Crippen LogP contribution in [-0.4, -0.2) is 5.11 Å². The van der Waals surface area contributed by atoms with E-state index in [0.717, 1.165) is 0 Å². The fourth-order valence-electron chi connectivity index (χ4n) is 1.00. The molecule has 0 atom stereocenters. The van der Waals surface area contributed by atoms with E-state index in [-0.39, 0.29) is 0 Å². The average molecular weight is 256 g/mol. The average Bonchev–Trinajstić information content (AvgIpc) is 2.17. The first kappa shape index (κ1) is 12.7. The number of nitrogen functional groups attached to an aromatic ring is 1. The number of benzene rings is 2. The molecule has 0 spiro atoms. The first-order chi connectivity index (χ1) is 7.58. The number of anilines is 1. The van der Waals surface area contributed by atoms with Gasteiger partial charge in [0.15, 0.2) is 0 Å². The van der Waals surface area contributed by atoms with Crippen molar-refractivity contribution in [2.45, 2.75) is 0 Å². The van der Waals surface area contributed by atoms with Crippen molar-refractivity contribution in [3.05, 3.63) is 58.6 Å². The molecule has 2 aromatic carbocycles. The fourth-order valence-corrected chi connectivity index (χ4v) is 1.55. The summed E-state index contributed by atoms with van der Waals surface area (Å²) in [5, 5.41) is 9.77. The Morgan fingerprint density at radius 2 is 1.38 bits per heavy atom. The van der Waals surface area contributed by atoms with Crippen LogP contribution in [0.5, 0.6) is 5.75 Å². The molecule has 0 aromatic heterocycles. The molecule has 0 saturated heterocycles. The molecule has 0 heterocycles. The van der Waals surface area contributed by atoms with E-state index in [1.54, 1.807) is 42.5 Å². The monoisotopic (exact) mass is 255 g/mol. The molecule has 0 unspecified atom stereocenters. The van der Waals surface area contributed by atoms with E-state index in [0.29, 0.717) is 21.5 Å². The predicted octanol–water partition coefficient (Wildman–Crippen LogP) is 3.97. The fraction of sp³-hybridized carbons (Fsp3) is 0. The van der Waals surface area contributed by atoms with Crippen molar-refractivity contribution in [2.75, 3.05) is 5.73 Å². The van der Waals surface area contributed by atoms with Crippen LogP contribution in [0.15, 0.2) is 48.5 Å². The first-order valence-electron chi connectivity index (χ1n) is 4.53. The SMILES string of the molecule is Nc1cc(Cl)cc(Cl)c1.Oc1ccccc1. The molecule has 0 aliphatic carbocycles. The number of hydrogen-bond acceptors (Lipinski definition) is 2. The lowest BCUT2D eigenvalue weighted by molar-refractivity contribution is 0.475. The Bertz CT molecular complexity index is 396. The lowest BCUT2D eigenvalue weighted by atomic mass is 10.3. The summed E-state index contributed by atoms with van der Waals surface area (Å²) in [6.45, 7) is 0. The number of para-hydroxylation sites is 1. The second-order valence-electron chi connectivity index (χ2n) is 3.04. The van der Waals surface area contributed by atoms with Gasteiger partial charge in [-0.25, -0.2) is 0 Å². The Morgan fingerprint density at radius 1 is 0.875 bits per heavy atom. The van der Waals surface area contributed by atoms with E-state index in [1.807, 2.05) is 6.07 Å². The molecule has 0 amide bonds. The highest BCUT2D eigenvalue weighted by Crippen LogP contribution is 2.19. The minimum absolute atomic E-state index is 0.322. The third kappa shape index (κ3) is 4.91. The zero-order valence-electron chi connectivity index (χ0n) is 8.40. The third-order valence-corrected chi connectivity index (χ3v) is 2.08. The Labute approximate surface area is 104 Å². The van der Waals surface area contributed by atoms with Crippen molar-refractivity contribution in [3.8, 4) is 5.75 Å². The van der Waals surface area contributed by atoms with E-state index in [1.165, 1.54) is 0 Å². The quantitative estimate of drug-likeness (QED) is 0.700. The molecule has 0 saturated carbocycles. The summed E-state index contributed by atoms with van der Waals surface area (Å²) in [5.74, 6) is 0.322. The second kappa shape index (κ2) is 6.26. The lowest BCUT2D eigenvalue weighted by Gasteiger charge is -1.93. The molecule has 0 aliphatic heterocycles. The van der Waals surface area contributed by atoms with Crippen LogP contribution in [0.2, 0.25) is 10.0 Å². The van der Waals surface area contributed by atoms with Gasteiger partial charge in [-0.15, -0.1) is 0 Å². The maximum Gasteiger partial charge on any atom is 0.115 e. The molecule has 3 N–H and O–H groups in total. The number of rotatable bonds is 0. The smallest absolute Gasteiger partial charge is 0.115 e. The van der Waals surface area contributed by atoms with Gasteiger partial charge in [0.05, 0.1) is 0 Å². The van der Waals surface area contributed by atoms with Gasteiger partial charge in [0.1, 0.15) is 5.75 Å². The largest absolute Gasteiger partial charge is 0.508 e. The van der Waals surface area contributed by atoms with Crippen molar-refractivity contribution in [1.29, 1.82) is 0 Å². The highest BCUT2D eigenvalue weighted by Gasteiger charge is 1.91. The van der Waals surface area contributed by atoms with Crippen LogP contribution in [0.3, 0.4) is 0 Å². The first-order valence-corrected chi connectivity index (χ1v) is 5.29. The molecular formula is C12H11Cl2NO. The van der Waals surface area contributed by atoms with Crippen molar-refractivity contribution < 1.29 is 5.11 Å². The number of phenolic OH excluding ortho intramolecular Hbond substituents is 1. The van der Waals surface area contributed by atoms with E-state index >= 15 is 0 Å². The molecule has 2 nitrogen and oxygen atoms in total. The van der Waals surface area contributed by atoms with Gasteiger partial charge in [-0.05, 0) is 30.3 Å². The molecular weight excluding hydrogens is 245 g/mol. The summed E-state index contributed by atoms with van der Waals surface area (Å²) in [5.41, 5.74) is 5.98. The molecule has 0 fully saturated rings. The number of nitrogens with two attached hydrogens (primary N) is 1. The highest BCUT2D eigenvalue weighted by molar-refractivity contribution is 6.35. The van der Waals surface area contributed by atoms with Crippen molar-refractivity contribution >= 4 is 28.9 Å². The van der Waals surface area contributed by atoms with Crippen LogP contribution >= 0.6 is 23.2 Å². The van der Waals surface area contributed by atoms with Crippen LogP contribution in [0, 0.1) is 0 Å². The summed E-state index contributed by atoms with van der Waals surface area (Å²) in [6.07, 6.45) is 0. The molecule has 0 bridgehead atoms. The van der Waals surface area contributed by atoms with Gasteiger partial charge in [-0.2, -0.15) is 0 Å². The van der Waals surface area contributed by atoms with E-state index < -0.39 is 0 Å². The van der Waals surface area contributed by atoms with E-state index in [2.05, 4.69) is 0 Å². The summed E-state index contributed by atoms with van der Waals surface area (Å²) in [6, 6.07) is 13.6. The maximum absolute atomic E-state index is 8.63. The zero-order valence-corrected chi connectivity index (χ0v) is 9.91. The van der Waals surface area contributed by atoms with Gasteiger partial charge in [0.25, 0.3) is 0 Å². The molecule has 0 aliphatic rings. The van der Waals surface area contributed by atoms with Crippen LogP contribution in [-0.2, 0) is 0 Å².